The van der Waals surface area contributed by atoms with Crippen LogP contribution in [0.25, 0.3) is 0 Å². The Kier molecular flexibility index (Phi) is 7.44. The lowest BCUT2D eigenvalue weighted by Gasteiger charge is -2.26. The average Bonchev–Trinajstić information content (AvgIpc) is 2.47. The zero-order chi connectivity index (χ0) is 16.0. The van der Waals surface area contributed by atoms with E-state index >= 15 is 0 Å². The van der Waals surface area contributed by atoms with Crippen molar-refractivity contribution < 1.29 is 18.6 Å². The highest BCUT2D eigenvalue weighted by atomic mass is 35.5. The van der Waals surface area contributed by atoms with Crippen LogP contribution >= 0.6 is 43.5 Å². The normalized spacial score (nSPS) is 16.6. The second kappa shape index (κ2) is 8.34. The summed E-state index contributed by atoms with van der Waals surface area (Å²) in [5, 5.41) is 3.23. The van der Waals surface area contributed by atoms with Crippen LogP contribution in [0.1, 0.15) is 6.92 Å². The molecule has 0 bridgehead atoms. The van der Waals surface area contributed by atoms with Gasteiger partial charge in [-0.3, -0.25) is 9.36 Å². The smallest absolute Gasteiger partial charge is 0.339 e. The molecule has 0 radical (unpaired) electrons. The molecule has 0 aliphatic rings. The van der Waals surface area contributed by atoms with E-state index in [9.17, 15) is 9.36 Å². The highest BCUT2D eigenvalue weighted by molar-refractivity contribution is 8.17. The zero-order valence-electron chi connectivity index (χ0n) is 11.8. The lowest BCUT2D eigenvalue weighted by molar-refractivity contribution is -0.142. The standard InChI is InChI=1S/C12H17ClNO4PS2/c1-8(11(15)17-2)14-19(16,12(20)21-3)18-10-6-4-9(13)5-7-10/h4-8,12,20H,1-3H3,(H,14,16). The van der Waals surface area contributed by atoms with Crippen LogP contribution in [0.4, 0.5) is 0 Å². The molecule has 0 amide bonds. The summed E-state index contributed by atoms with van der Waals surface area (Å²) in [4.78, 5) is 11.5. The predicted molar refractivity (Wildman–Crippen MR) is 90.6 cm³/mol. The van der Waals surface area contributed by atoms with E-state index in [2.05, 4.69) is 22.5 Å². The SMILES string of the molecule is COC(=O)C(C)NP(=O)(Oc1ccc(Cl)cc1)C(S)SC. The van der Waals surface area contributed by atoms with Gasteiger partial charge in [0, 0.05) is 5.02 Å². The van der Waals surface area contributed by atoms with E-state index in [1.54, 1.807) is 37.4 Å². The molecule has 0 saturated carbocycles. The second-order valence-corrected chi connectivity index (χ2v) is 9.23. The molecule has 1 rings (SSSR count). The summed E-state index contributed by atoms with van der Waals surface area (Å²) in [6.07, 6.45) is 1.75. The minimum Gasteiger partial charge on any atom is -0.468 e. The van der Waals surface area contributed by atoms with Crippen molar-refractivity contribution in [1.82, 2.24) is 5.09 Å². The molecule has 0 aliphatic heterocycles. The number of thiol groups is 1. The van der Waals surface area contributed by atoms with Crippen LogP contribution in [-0.4, -0.2) is 29.7 Å². The lowest BCUT2D eigenvalue weighted by atomic mass is 10.3. The third-order valence-electron chi connectivity index (χ3n) is 2.48. The summed E-state index contributed by atoms with van der Waals surface area (Å²) in [6, 6.07) is 5.66. The fourth-order valence-electron chi connectivity index (χ4n) is 1.43. The van der Waals surface area contributed by atoms with E-state index in [4.69, 9.17) is 16.1 Å². The Morgan fingerprint density at radius 2 is 2.00 bits per heavy atom. The van der Waals surface area contributed by atoms with Gasteiger partial charge in [0.15, 0.2) is 0 Å². The summed E-state index contributed by atoms with van der Waals surface area (Å²) in [5.74, 6) is -0.156. The molecule has 9 heteroatoms. The first-order chi connectivity index (χ1) is 9.82. The Morgan fingerprint density at radius 3 is 2.48 bits per heavy atom. The molecule has 0 aromatic heterocycles. The number of hydrogen-bond acceptors (Lipinski definition) is 6. The van der Waals surface area contributed by atoms with Crippen molar-refractivity contribution in [2.24, 2.45) is 0 Å². The Labute approximate surface area is 139 Å². The van der Waals surface area contributed by atoms with Gasteiger partial charge < -0.3 is 9.26 Å². The molecule has 5 nitrogen and oxygen atoms in total. The van der Waals surface area contributed by atoms with E-state index in [1.165, 1.54) is 18.9 Å². The van der Waals surface area contributed by atoms with Crippen LogP contribution < -0.4 is 9.61 Å². The van der Waals surface area contributed by atoms with Gasteiger partial charge in [0.25, 0.3) is 0 Å². The van der Waals surface area contributed by atoms with Gasteiger partial charge in [0.2, 0.25) is 0 Å². The topological polar surface area (TPSA) is 64.6 Å². The summed E-state index contributed by atoms with van der Waals surface area (Å²) in [5.41, 5.74) is 0. The number of methoxy groups -OCH3 is 1. The summed E-state index contributed by atoms with van der Waals surface area (Å²) in [7, 11) is -2.18. The quantitative estimate of drug-likeness (QED) is 0.331. The van der Waals surface area contributed by atoms with Crippen LogP contribution in [0.5, 0.6) is 5.75 Å². The number of halogens is 1. The number of rotatable bonds is 7. The van der Waals surface area contributed by atoms with Crippen LogP contribution in [0.3, 0.4) is 0 Å². The zero-order valence-corrected chi connectivity index (χ0v) is 15.1. The van der Waals surface area contributed by atoms with Crippen molar-refractivity contribution in [2.75, 3.05) is 13.4 Å². The Bertz CT molecular complexity index is 528. The summed E-state index contributed by atoms with van der Waals surface area (Å²) >= 11 is 11.3. The van der Waals surface area contributed by atoms with Crippen molar-refractivity contribution in [1.29, 1.82) is 0 Å². The van der Waals surface area contributed by atoms with Crippen molar-refractivity contribution in [3.05, 3.63) is 29.3 Å². The van der Waals surface area contributed by atoms with Crippen LogP contribution in [-0.2, 0) is 14.1 Å². The van der Waals surface area contributed by atoms with Gasteiger partial charge >= 0.3 is 13.5 Å². The molecule has 0 saturated heterocycles. The molecule has 1 aromatic rings. The molecule has 0 heterocycles. The summed E-state index contributed by atoms with van der Waals surface area (Å²) < 4.78 is 22.5. The second-order valence-electron chi connectivity index (χ2n) is 4.08. The van der Waals surface area contributed by atoms with Gasteiger partial charge in [-0.25, -0.2) is 5.09 Å². The molecular weight excluding hydrogens is 353 g/mol. The Morgan fingerprint density at radius 1 is 1.43 bits per heavy atom. The third-order valence-corrected chi connectivity index (χ3v) is 7.98. The van der Waals surface area contributed by atoms with E-state index in [0.29, 0.717) is 10.8 Å². The predicted octanol–water partition coefficient (Wildman–Crippen LogP) is 3.64. The van der Waals surface area contributed by atoms with E-state index < -0.39 is 23.9 Å². The average molecular weight is 370 g/mol. The maximum absolute atomic E-state index is 13.0. The molecule has 3 unspecified atom stereocenters. The fourth-order valence-corrected chi connectivity index (χ4v) is 4.67. The van der Waals surface area contributed by atoms with Crippen LogP contribution in [0.15, 0.2) is 24.3 Å². The van der Waals surface area contributed by atoms with Gasteiger partial charge in [-0.1, -0.05) is 11.6 Å². The van der Waals surface area contributed by atoms with Crippen LogP contribution in [0.2, 0.25) is 5.02 Å². The Hall–Kier alpha value is -0.330. The van der Waals surface area contributed by atoms with E-state index in [1.807, 2.05) is 0 Å². The van der Waals surface area contributed by atoms with Gasteiger partial charge in [0.1, 0.15) is 16.1 Å². The molecule has 21 heavy (non-hydrogen) atoms. The van der Waals surface area contributed by atoms with Crippen LogP contribution in [0, 0.1) is 0 Å². The number of carbonyl (C=O) groups is 1. The minimum absolute atomic E-state index is 0.375. The molecule has 3 atom stereocenters. The highest BCUT2D eigenvalue weighted by Gasteiger charge is 2.36. The minimum atomic E-state index is -3.44. The number of thioether (sulfide) groups is 1. The molecule has 1 aromatic carbocycles. The van der Waals surface area contributed by atoms with E-state index in [0.717, 1.165) is 0 Å². The summed E-state index contributed by atoms with van der Waals surface area (Å²) in [6.45, 7) is 1.55. The Balaban J connectivity index is 2.95. The number of ether oxygens (including phenoxy) is 1. The van der Waals surface area contributed by atoms with Gasteiger partial charge in [0.05, 0.1) is 7.11 Å². The first kappa shape index (κ1) is 18.7. The first-order valence-corrected chi connectivity index (χ1v) is 9.81. The maximum Gasteiger partial charge on any atom is 0.339 e. The maximum atomic E-state index is 13.0. The van der Waals surface area contributed by atoms with Crippen molar-refractivity contribution >= 4 is 49.5 Å². The number of hydrogen-bond donors (Lipinski definition) is 2. The fraction of sp³-hybridized carbons (Fsp3) is 0.417. The van der Waals surface area contributed by atoms with E-state index in [-0.39, 0.29) is 0 Å². The molecule has 0 spiro atoms. The van der Waals surface area contributed by atoms with Gasteiger partial charge in [-0.05, 0) is 37.4 Å². The molecule has 0 aliphatic carbocycles. The number of nitrogens with one attached hydrogen (secondary N) is 1. The largest absolute Gasteiger partial charge is 0.468 e. The number of carbonyl (C=O) groups excluding carboxylic acids is 1. The van der Waals surface area contributed by atoms with Gasteiger partial charge in [-0.2, -0.15) is 12.6 Å². The van der Waals surface area contributed by atoms with Crippen molar-refractivity contribution in [3.8, 4) is 5.75 Å². The van der Waals surface area contributed by atoms with Gasteiger partial charge in [-0.15, -0.1) is 11.8 Å². The molecule has 0 fully saturated rings. The monoisotopic (exact) mass is 369 g/mol. The number of esters is 1. The van der Waals surface area contributed by atoms with Crippen molar-refractivity contribution in [3.63, 3.8) is 0 Å². The number of benzene rings is 1. The molecule has 1 N–H and O–H groups in total. The lowest BCUT2D eigenvalue weighted by Crippen LogP contribution is -2.35. The molecule has 118 valence electrons. The first-order valence-electron chi connectivity index (χ1n) is 5.93. The highest BCUT2D eigenvalue weighted by Crippen LogP contribution is 2.54. The van der Waals surface area contributed by atoms with Crippen molar-refractivity contribution in [2.45, 2.75) is 17.3 Å². The molecular formula is C12H17ClNO4PS2. The third kappa shape index (κ3) is 5.42.